The Morgan fingerprint density at radius 2 is 1.92 bits per heavy atom. The molecule has 0 aliphatic heterocycles. The summed E-state index contributed by atoms with van der Waals surface area (Å²) in [6.45, 7) is 2.63. The number of hydrogen-bond donors (Lipinski definition) is 2. The van der Waals surface area contributed by atoms with E-state index < -0.39 is 0 Å². The summed E-state index contributed by atoms with van der Waals surface area (Å²) in [7, 11) is 0. The van der Waals surface area contributed by atoms with Crippen molar-refractivity contribution in [1.29, 1.82) is 5.41 Å². The van der Waals surface area contributed by atoms with E-state index in [9.17, 15) is 0 Å². The van der Waals surface area contributed by atoms with Crippen molar-refractivity contribution in [3.63, 3.8) is 0 Å². The fourth-order valence-electron chi connectivity index (χ4n) is 3.19. The van der Waals surface area contributed by atoms with E-state index in [1.165, 1.54) is 11.8 Å². The molecule has 3 N–H and O–H groups in total. The highest BCUT2D eigenvalue weighted by Gasteiger charge is 2.15. The highest BCUT2D eigenvalue weighted by Crippen LogP contribution is 2.26. The van der Waals surface area contributed by atoms with Crippen molar-refractivity contribution in [1.82, 2.24) is 19.2 Å². The standard InChI is InChI=1S/C19H18N6/c1-13-22-23-19-8-7-16-18(25(13)19)11-17(15(21)9-10-20)24(16)12-14-5-3-2-4-6-14/h2-11,20H,12,21H2,1H3/b15-9-,20-10?. The van der Waals surface area contributed by atoms with Gasteiger partial charge in [-0.1, -0.05) is 30.3 Å². The number of nitrogens with zero attached hydrogens (tertiary/aromatic N) is 4. The highest BCUT2D eigenvalue weighted by atomic mass is 15.2. The van der Waals surface area contributed by atoms with Gasteiger partial charge in [0, 0.05) is 12.8 Å². The van der Waals surface area contributed by atoms with Crippen LogP contribution in [0, 0.1) is 12.3 Å². The van der Waals surface area contributed by atoms with E-state index in [1.807, 2.05) is 47.7 Å². The van der Waals surface area contributed by atoms with Crippen molar-refractivity contribution < 1.29 is 0 Å². The molecular weight excluding hydrogens is 312 g/mol. The van der Waals surface area contributed by atoms with Crippen LogP contribution >= 0.6 is 0 Å². The zero-order chi connectivity index (χ0) is 17.4. The SMILES string of the molecule is Cc1nnc2ccc3c(cc(/C(N)=C/C=N)n3Cc3ccccc3)n12. The molecule has 3 aromatic heterocycles. The van der Waals surface area contributed by atoms with Gasteiger partial charge in [0.25, 0.3) is 0 Å². The molecule has 0 spiro atoms. The van der Waals surface area contributed by atoms with Crippen LogP contribution in [0.25, 0.3) is 22.4 Å². The average Bonchev–Trinajstić information content (AvgIpc) is 3.17. The third-order valence-electron chi connectivity index (χ3n) is 4.34. The van der Waals surface area contributed by atoms with Crippen molar-refractivity contribution in [2.75, 3.05) is 0 Å². The molecule has 0 radical (unpaired) electrons. The van der Waals surface area contributed by atoms with Gasteiger partial charge in [-0.25, -0.2) is 0 Å². The van der Waals surface area contributed by atoms with Crippen molar-refractivity contribution in [3.05, 3.63) is 71.7 Å². The normalized spacial score (nSPS) is 12.1. The molecule has 0 aliphatic carbocycles. The molecule has 0 amide bonds. The van der Waals surface area contributed by atoms with Gasteiger partial charge in [-0.05, 0) is 36.8 Å². The Bertz CT molecular complexity index is 1100. The Hall–Kier alpha value is -3.41. The molecule has 6 nitrogen and oxygen atoms in total. The molecule has 0 atom stereocenters. The Kier molecular flexibility index (Phi) is 3.57. The lowest BCUT2D eigenvalue weighted by atomic mass is 10.2. The van der Waals surface area contributed by atoms with Gasteiger partial charge in [0.05, 0.1) is 22.4 Å². The first kappa shape index (κ1) is 15.1. The number of nitrogens with one attached hydrogen (secondary N) is 1. The van der Waals surface area contributed by atoms with Gasteiger partial charge in [0.2, 0.25) is 0 Å². The fourth-order valence-corrected chi connectivity index (χ4v) is 3.19. The van der Waals surface area contributed by atoms with Gasteiger partial charge < -0.3 is 15.7 Å². The minimum absolute atomic E-state index is 0.556. The monoisotopic (exact) mass is 330 g/mol. The lowest BCUT2D eigenvalue weighted by Gasteiger charge is -2.11. The minimum atomic E-state index is 0.556. The smallest absolute Gasteiger partial charge is 0.161 e. The van der Waals surface area contributed by atoms with Crippen LogP contribution in [0.1, 0.15) is 17.1 Å². The molecular formula is C19H18N6. The van der Waals surface area contributed by atoms with Crippen LogP contribution in [0.3, 0.4) is 0 Å². The van der Waals surface area contributed by atoms with Gasteiger partial charge in [-0.15, -0.1) is 10.2 Å². The van der Waals surface area contributed by atoms with Crippen LogP contribution in [-0.4, -0.2) is 25.4 Å². The zero-order valence-electron chi connectivity index (χ0n) is 13.8. The Morgan fingerprint density at radius 1 is 1.12 bits per heavy atom. The maximum Gasteiger partial charge on any atom is 0.161 e. The Labute approximate surface area is 144 Å². The van der Waals surface area contributed by atoms with Crippen molar-refractivity contribution in [3.8, 4) is 0 Å². The molecule has 4 aromatic rings. The van der Waals surface area contributed by atoms with Crippen LogP contribution in [0.4, 0.5) is 0 Å². The van der Waals surface area contributed by atoms with Gasteiger partial charge in [-0.3, -0.25) is 4.40 Å². The third kappa shape index (κ3) is 2.48. The summed E-state index contributed by atoms with van der Waals surface area (Å²) in [5.74, 6) is 0.832. The number of aromatic nitrogens is 4. The van der Waals surface area contributed by atoms with Gasteiger partial charge in [-0.2, -0.15) is 0 Å². The lowest BCUT2D eigenvalue weighted by Crippen LogP contribution is -2.08. The van der Waals surface area contributed by atoms with Crippen LogP contribution in [0.2, 0.25) is 0 Å². The summed E-state index contributed by atoms with van der Waals surface area (Å²) in [6.07, 6.45) is 2.81. The maximum atomic E-state index is 7.33. The number of allylic oxidation sites excluding steroid dienone is 1. The predicted octanol–water partition coefficient (Wildman–Crippen LogP) is 2.99. The van der Waals surface area contributed by atoms with E-state index in [2.05, 4.69) is 26.9 Å². The molecule has 0 unspecified atom stereocenters. The first-order chi connectivity index (χ1) is 12.2. The Morgan fingerprint density at radius 3 is 2.68 bits per heavy atom. The molecule has 1 aromatic carbocycles. The summed E-state index contributed by atoms with van der Waals surface area (Å²) < 4.78 is 4.19. The second kappa shape index (κ2) is 5.90. The molecule has 0 bridgehead atoms. The number of nitrogens with two attached hydrogens (primary N) is 1. The van der Waals surface area contributed by atoms with E-state index in [-0.39, 0.29) is 0 Å². The summed E-state index contributed by atoms with van der Waals surface area (Å²) in [5, 5.41) is 15.7. The topological polar surface area (TPSA) is 85.0 Å². The van der Waals surface area contributed by atoms with Gasteiger partial charge in [0.15, 0.2) is 5.65 Å². The molecule has 3 heterocycles. The van der Waals surface area contributed by atoms with E-state index in [1.54, 1.807) is 6.08 Å². The number of benzene rings is 1. The van der Waals surface area contributed by atoms with Crippen LogP contribution in [-0.2, 0) is 6.54 Å². The molecule has 0 aliphatic rings. The fraction of sp³-hybridized carbons (Fsp3) is 0.105. The van der Waals surface area contributed by atoms with Crippen molar-refractivity contribution in [2.45, 2.75) is 13.5 Å². The number of pyridine rings is 1. The average molecular weight is 330 g/mol. The van der Waals surface area contributed by atoms with E-state index in [4.69, 9.17) is 11.1 Å². The van der Waals surface area contributed by atoms with Crippen molar-refractivity contribution >= 4 is 28.6 Å². The second-order valence-corrected chi connectivity index (χ2v) is 5.93. The molecule has 0 fully saturated rings. The molecule has 6 heteroatoms. The lowest BCUT2D eigenvalue weighted by molar-refractivity contribution is 0.821. The maximum absolute atomic E-state index is 7.33. The molecule has 0 saturated heterocycles. The quantitative estimate of drug-likeness (QED) is 0.564. The summed E-state index contributed by atoms with van der Waals surface area (Å²) in [5.41, 5.74) is 11.7. The van der Waals surface area contributed by atoms with Gasteiger partial charge in [0.1, 0.15) is 5.82 Å². The number of aryl methyl sites for hydroxylation is 1. The number of rotatable bonds is 4. The Balaban J connectivity index is 2.01. The molecule has 124 valence electrons. The summed E-state index contributed by atoms with van der Waals surface area (Å²) >= 11 is 0. The zero-order valence-corrected chi connectivity index (χ0v) is 13.8. The van der Waals surface area contributed by atoms with Crippen molar-refractivity contribution in [2.24, 2.45) is 5.73 Å². The minimum Gasteiger partial charge on any atom is -0.397 e. The first-order valence-electron chi connectivity index (χ1n) is 8.03. The highest BCUT2D eigenvalue weighted by molar-refractivity contribution is 5.88. The molecule has 0 saturated carbocycles. The molecule has 25 heavy (non-hydrogen) atoms. The van der Waals surface area contributed by atoms with Crippen LogP contribution < -0.4 is 5.73 Å². The van der Waals surface area contributed by atoms with Crippen LogP contribution in [0.5, 0.6) is 0 Å². The number of hydrogen-bond acceptors (Lipinski definition) is 4. The summed E-state index contributed by atoms with van der Waals surface area (Å²) in [4.78, 5) is 0. The second-order valence-electron chi connectivity index (χ2n) is 5.93. The van der Waals surface area contributed by atoms with Crippen LogP contribution in [0.15, 0.2) is 54.6 Å². The third-order valence-corrected chi connectivity index (χ3v) is 4.34. The van der Waals surface area contributed by atoms with Gasteiger partial charge >= 0.3 is 0 Å². The largest absolute Gasteiger partial charge is 0.397 e. The van der Waals surface area contributed by atoms with E-state index in [0.717, 1.165) is 28.2 Å². The molecule has 4 rings (SSSR count). The van der Waals surface area contributed by atoms with E-state index in [0.29, 0.717) is 12.2 Å². The predicted molar refractivity (Wildman–Crippen MR) is 99.7 cm³/mol. The number of fused-ring (bicyclic) bond motifs is 3. The van der Waals surface area contributed by atoms with E-state index >= 15 is 0 Å². The first-order valence-corrected chi connectivity index (χ1v) is 8.03. The summed E-state index contributed by atoms with van der Waals surface area (Å²) in [6, 6.07) is 16.3.